The van der Waals surface area contributed by atoms with Crippen LogP contribution in [0.2, 0.25) is 5.02 Å². The lowest BCUT2D eigenvalue weighted by Crippen LogP contribution is -2.04. The van der Waals surface area contributed by atoms with Crippen LogP contribution in [0.1, 0.15) is 16.1 Å². The first kappa shape index (κ1) is 11.1. The summed E-state index contributed by atoms with van der Waals surface area (Å²) in [6.07, 6.45) is 0.234. The van der Waals surface area contributed by atoms with Crippen molar-refractivity contribution in [3.8, 4) is 0 Å². The number of benzene rings is 1. The highest BCUT2D eigenvalue weighted by Crippen LogP contribution is 2.18. The first-order chi connectivity index (χ1) is 7.66. The van der Waals surface area contributed by atoms with Gasteiger partial charge in [0.05, 0.1) is 17.1 Å². The van der Waals surface area contributed by atoms with E-state index in [4.69, 9.17) is 17.3 Å². The third-order valence-corrected chi connectivity index (χ3v) is 3.14. The lowest BCUT2D eigenvalue weighted by atomic mass is 10.1. The van der Waals surface area contributed by atoms with Crippen molar-refractivity contribution in [1.82, 2.24) is 4.98 Å². The zero-order chi connectivity index (χ0) is 11.5. The molecule has 0 saturated heterocycles. The van der Waals surface area contributed by atoms with Gasteiger partial charge in [-0.3, -0.25) is 4.79 Å². The van der Waals surface area contributed by atoms with Crippen LogP contribution in [-0.4, -0.2) is 10.8 Å². The Morgan fingerprint density at radius 3 is 2.81 bits per heavy atom. The molecule has 1 heterocycles. The summed E-state index contributed by atoms with van der Waals surface area (Å²) in [5, 5.41) is 2.72. The summed E-state index contributed by atoms with van der Waals surface area (Å²) >= 11 is 7.25. The fourth-order valence-electron chi connectivity index (χ4n) is 1.35. The third-order valence-electron chi connectivity index (χ3n) is 2.09. The van der Waals surface area contributed by atoms with Gasteiger partial charge in [-0.05, 0) is 12.1 Å². The maximum atomic E-state index is 11.9. The Bertz CT molecular complexity index is 524. The minimum atomic E-state index is -0.0455. The molecule has 0 aliphatic carbocycles. The molecule has 82 valence electrons. The van der Waals surface area contributed by atoms with Gasteiger partial charge in [0, 0.05) is 10.9 Å². The van der Waals surface area contributed by atoms with Crippen LogP contribution >= 0.6 is 22.9 Å². The van der Waals surface area contributed by atoms with Gasteiger partial charge in [0.25, 0.3) is 0 Å². The Morgan fingerprint density at radius 2 is 2.19 bits per heavy atom. The van der Waals surface area contributed by atoms with Crippen LogP contribution in [-0.2, 0) is 6.42 Å². The molecule has 2 aromatic rings. The maximum absolute atomic E-state index is 11.9. The molecule has 0 fully saturated rings. The first-order valence-corrected chi connectivity index (χ1v) is 5.90. The molecular formula is C11H9ClN2OS. The standard InChI is InChI=1S/C11H9ClN2OS/c12-9-4-2-1-3-8(9)10(15)5-7-6-16-11(13)14-7/h1-4,6H,5H2,(H2,13,14). The fourth-order valence-corrected chi connectivity index (χ4v) is 2.15. The second-order valence-electron chi connectivity index (χ2n) is 3.26. The number of carbonyl (C=O) groups is 1. The van der Waals surface area contributed by atoms with Gasteiger partial charge in [0.1, 0.15) is 0 Å². The Hall–Kier alpha value is -1.39. The lowest BCUT2D eigenvalue weighted by molar-refractivity contribution is 0.0992. The lowest BCUT2D eigenvalue weighted by Gasteiger charge is -2.00. The summed E-state index contributed by atoms with van der Waals surface area (Å²) in [5.41, 5.74) is 6.70. The van der Waals surface area contributed by atoms with E-state index in [-0.39, 0.29) is 12.2 Å². The molecule has 0 bridgehead atoms. The second kappa shape index (κ2) is 4.63. The maximum Gasteiger partial charge on any atom is 0.180 e. The van der Waals surface area contributed by atoms with Gasteiger partial charge in [0.15, 0.2) is 10.9 Å². The Balaban J connectivity index is 2.18. The number of carbonyl (C=O) groups excluding carboxylic acids is 1. The number of anilines is 1. The fraction of sp³-hybridized carbons (Fsp3) is 0.0909. The van der Waals surface area contributed by atoms with E-state index >= 15 is 0 Å². The average molecular weight is 253 g/mol. The normalized spacial score (nSPS) is 10.3. The van der Waals surface area contributed by atoms with Crippen LogP contribution < -0.4 is 5.73 Å². The van der Waals surface area contributed by atoms with E-state index in [0.717, 1.165) is 0 Å². The molecule has 1 aromatic carbocycles. The minimum Gasteiger partial charge on any atom is -0.375 e. The van der Waals surface area contributed by atoms with Crippen molar-refractivity contribution < 1.29 is 4.79 Å². The van der Waals surface area contributed by atoms with E-state index in [0.29, 0.717) is 21.4 Å². The van der Waals surface area contributed by atoms with Crippen LogP contribution in [0.5, 0.6) is 0 Å². The molecule has 5 heteroatoms. The van der Waals surface area contributed by atoms with Gasteiger partial charge in [0.2, 0.25) is 0 Å². The quantitative estimate of drug-likeness (QED) is 0.855. The van der Waals surface area contributed by atoms with Crippen LogP contribution in [0, 0.1) is 0 Å². The van der Waals surface area contributed by atoms with Crippen LogP contribution in [0.4, 0.5) is 5.13 Å². The number of thiazole rings is 1. The first-order valence-electron chi connectivity index (χ1n) is 4.64. The molecule has 0 unspecified atom stereocenters. The SMILES string of the molecule is Nc1nc(CC(=O)c2ccccc2Cl)cs1. The molecule has 0 atom stereocenters. The molecule has 3 nitrogen and oxygen atoms in total. The Kier molecular flexibility index (Phi) is 3.22. The molecule has 0 amide bonds. The summed E-state index contributed by atoms with van der Waals surface area (Å²) < 4.78 is 0. The highest BCUT2D eigenvalue weighted by molar-refractivity contribution is 7.13. The number of aromatic nitrogens is 1. The third kappa shape index (κ3) is 2.40. The largest absolute Gasteiger partial charge is 0.375 e. The molecular weight excluding hydrogens is 244 g/mol. The highest BCUT2D eigenvalue weighted by Gasteiger charge is 2.11. The van der Waals surface area contributed by atoms with Crippen molar-refractivity contribution >= 4 is 33.9 Å². The predicted molar refractivity (Wildman–Crippen MR) is 66.0 cm³/mol. The number of nitrogens with two attached hydrogens (primary N) is 1. The molecule has 0 saturated carbocycles. The number of nitrogens with zero attached hydrogens (tertiary/aromatic N) is 1. The van der Waals surface area contributed by atoms with E-state index in [1.165, 1.54) is 11.3 Å². The molecule has 16 heavy (non-hydrogen) atoms. The number of halogens is 1. The highest BCUT2D eigenvalue weighted by atomic mass is 35.5. The van der Waals surface area contributed by atoms with Crippen LogP contribution in [0.15, 0.2) is 29.6 Å². The number of ketones is 1. The monoisotopic (exact) mass is 252 g/mol. The van der Waals surface area contributed by atoms with Gasteiger partial charge in [-0.1, -0.05) is 23.7 Å². The van der Waals surface area contributed by atoms with Crippen molar-refractivity contribution in [3.63, 3.8) is 0 Å². The topological polar surface area (TPSA) is 56.0 Å². The summed E-state index contributed by atoms with van der Waals surface area (Å²) in [6.45, 7) is 0. The van der Waals surface area contributed by atoms with E-state index in [2.05, 4.69) is 4.98 Å². The summed E-state index contributed by atoms with van der Waals surface area (Å²) in [5.74, 6) is -0.0455. The number of Topliss-reactive ketones (excluding diaryl/α,β-unsaturated/α-hetero) is 1. The van der Waals surface area contributed by atoms with Crippen molar-refractivity contribution in [2.24, 2.45) is 0 Å². The van der Waals surface area contributed by atoms with Gasteiger partial charge in [-0.15, -0.1) is 11.3 Å². The van der Waals surface area contributed by atoms with Crippen LogP contribution in [0.3, 0.4) is 0 Å². The Morgan fingerprint density at radius 1 is 1.44 bits per heavy atom. The summed E-state index contributed by atoms with van der Waals surface area (Å²) in [7, 11) is 0. The molecule has 2 N–H and O–H groups in total. The zero-order valence-electron chi connectivity index (χ0n) is 8.31. The molecule has 0 aliphatic heterocycles. The van der Waals surface area contributed by atoms with E-state index in [9.17, 15) is 4.79 Å². The smallest absolute Gasteiger partial charge is 0.180 e. The molecule has 0 spiro atoms. The number of rotatable bonds is 3. The van der Waals surface area contributed by atoms with Gasteiger partial charge < -0.3 is 5.73 Å². The van der Waals surface area contributed by atoms with Gasteiger partial charge in [-0.2, -0.15) is 0 Å². The van der Waals surface area contributed by atoms with Crippen LogP contribution in [0.25, 0.3) is 0 Å². The second-order valence-corrected chi connectivity index (χ2v) is 4.55. The van der Waals surface area contributed by atoms with E-state index < -0.39 is 0 Å². The van der Waals surface area contributed by atoms with Crippen molar-refractivity contribution in [2.75, 3.05) is 5.73 Å². The minimum absolute atomic E-state index is 0.0455. The number of hydrogen-bond acceptors (Lipinski definition) is 4. The summed E-state index contributed by atoms with van der Waals surface area (Å²) in [6, 6.07) is 6.99. The van der Waals surface area contributed by atoms with Crippen molar-refractivity contribution in [3.05, 3.63) is 45.9 Å². The molecule has 1 aromatic heterocycles. The Labute approximate surface area is 102 Å². The number of hydrogen-bond donors (Lipinski definition) is 1. The average Bonchev–Trinajstić information content (AvgIpc) is 2.64. The van der Waals surface area contributed by atoms with Gasteiger partial charge >= 0.3 is 0 Å². The van der Waals surface area contributed by atoms with Crippen molar-refractivity contribution in [2.45, 2.75) is 6.42 Å². The molecule has 0 radical (unpaired) electrons. The summed E-state index contributed by atoms with van der Waals surface area (Å²) in [4.78, 5) is 15.9. The van der Waals surface area contributed by atoms with Crippen molar-refractivity contribution in [1.29, 1.82) is 0 Å². The number of nitrogen functional groups attached to an aromatic ring is 1. The predicted octanol–water partition coefficient (Wildman–Crippen LogP) is 2.80. The zero-order valence-corrected chi connectivity index (χ0v) is 9.89. The van der Waals surface area contributed by atoms with E-state index in [1.54, 1.807) is 29.6 Å². The van der Waals surface area contributed by atoms with Gasteiger partial charge in [-0.25, -0.2) is 4.98 Å². The molecule has 0 aliphatic rings. The van der Waals surface area contributed by atoms with E-state index in [1.807, 2.05) is 0 Å². The molecule has 2 rings (SSSR count).